The summed E-state index contributed by atoms with van der Waals surface area (Å²) in [6.07, 6.45) is 9.80. The molecule has 21 heavy (non-hydrogen) atoms. The molecule has 2 nitrogen and oxygen atoms in total. The molecule has 1 fully saturated rings. The van der Waals surface area contributed by atoms with Crippen LogP contribution in [0.5, 0.6) is 5.75 Å². The number of benzene rings is 1. The minimum Gasteiger partial charge on any atom is -0.490 e. The second-order valence-corrected chi connectivity index (χ2v) is 6.79. The van der Waals surface area contributed by atoms with Crippen molar-refractivity contribution in [3.63, 3.8) is 0 Å². The lowest BCUT2D eigenvalue weighted by atomic mass is 9.86. The van der Waals surface area contributed by atoms with E-state index in [2.05, 4.69) is 37.4 Å². The third kappa shape index (κ3) is 3.42. The second kappa shape index (κ2) is 6.83. The van der Waals surface area contributed by atoms with Crippen LogP contribution in [0.15, 0.2) is 18.2 Å². The van der Waals surface area contributed by atoms with Crippen LogP contribution in [-0.2, 0) is 6.42 Å². The molecule has 0 bridgehead atoms. The molecule has 1 N–H and O–H groups in total. The molecule has 3 rings (SSSR count). The van der Waals surface area contributed by atoms with Crippen LogP contribution in [0.4, 0.5) is 0 Å². The van der Waals surface area contributed by atoms with Crippen LogP contribution in [-0.4, -0.2) is 12.6 Å². The number of ether oxygens (including phenoxy) is 1. The normalized spacial score (nSPS) is 24.2. The summed E-state index contributed by atoms with van der Waals surface area (Å²) in [4.78, 5) is 0. The minimum absolute atomic E-state index is 0.339. The molecule has 0 amide bonds. The van der Waals surface area contributed by atoms with E-state index in [-0.39, 0.29) is 0 Å². The van der Waals surface area contributed by atoms with Crippen LogP contribution in [0.2, 0.25) is 0 Å². The second-order valence-electron chi connectivity index (χ2n) is 6.79. The van der Waals surface area contributed by atoms with Crippen LogP contribution in [0, 0.1) is 5.92 Å². The fourth-order valence-electron chi connectivity index (χ4n) is 4.06. The number of hydrogen-bond donors (Lipinski definition) is 1. The summed E-state index contributed by atoms with van der Waals surface area (Å²) >= 11 is 0. The summed E-state index contributed by atoms with van der Waals surface area (Å²) in [6, 6.07) is 7.40. The van der Waals surface area contributed by atoms with Crippen LogP contribution in [0.25, 0.3) is 0 Å². The van der Waals surface area contributed by atoms with Crippen LogP contribution in [0.3, 0.4) is 0 Å². The molecule has 0 spiro atoms. The maximum Gasteiger partial charge on any atom is 0.123 e. The Balaban J connectivity index is 1.81. The summed E-state index contributed by atoms with van der Waals surface area (Å²) in [6.45, 7) is 5.43. The molecule has 116 valence electrons. The zero-order chi connectivity index (χ0) is 14.7. The summed E-state index contributed by atoms with van der Waals surface area (Å²) in [5.41, 5.74) is 2.87. The Morgan fingerprint density at radius 3 is 2.67 bits per heavy atom. The molecule has 2 unspecified atom stereocenters. The van der Waals surface area contributed by atoms with Gasteiger partial charge in [0.25, 0.3) is 0 Å². The van der Waals surface area contributed by atoms with E-state index < -0.39 is 0 Å². The molecule has 0 saturated heterocycles. The van der Waals surface area contributed by atoms with Crippen molar-refractivity contribution in [2.45, 2.75) is 70.9 Å². The molecular formula is C19H29NO. The molecule has 1 aromatic rings. The van der Waals surface area contributed by atoms with Gasteiger partial charge >= 0.3 is 0 Å². The first-order chi connectivity index (χ1) is 10.3. The molecular weight excluding hydrogens is 258 g/mol. The first-order valence-corrected chi connectivity index (χ1v) is 8.80. The minimum atomic E-state index is 0.339. The molecule has 2 atom stereocenters. The SMILES string of the molecule is CCNC(c1ccc2c(c1)CC(C)O2)C1CCCCCC1. The molecule has 2 heteroatoms. The molecule has 1 aromatic carbocycles. The standard InChI is InChI=1S/C19H29NO/c1-3-20-19(15-8-6-4-5-7-9-15)16-10-11-18-17(13-16)12-14(2)21-18/h10-11,13-15,19-20H,3-9,12H2,1-2H3. The summed E-state index contributed by atoms with van der Waals surface area (Å²) in [5, 5.41) is 3.76. The molecule has 2 aliphatic rings. The van der Waals surface area contributed by atoms with Crippen molar-refractivity contribution in [1.29, 1.82) is 0 Å². The van der Waals surface area contributed by atoms with Crippen molar-refractivity contribution in [1.82, 2.24) is 5.32 Å². The Kier molecular flexibility index (Phi) is 4.84. The fraction of sp³-hybridized carbons (Fsp3) is 0.684. The van der Waals surface area contributed by atoms with E-state index in [1.807, 2.05) is 0 Å². The first kappa shape index (κ1) is 14.9. The van der Waals surface area contributed by atoms with Gasteiger partial charge in [0.2, 0.25) is 0 Å². The maximum absolute atomic E-state index is 5.85. The van der Waals surface area contributed by atoms with Crippen molar-refractivity contribution >= 4 is 0 Å². The van der Waals surface area contributed by atoms with E-state index in [4.69, 9.17) is 4.74 Å². The van der Waals surface area contributed by atoms with Crippen molar-refractivity contribution in [2.24, 2.45) is 5.92 Å². The third-order valence-corrected chi connectivity index (χ3v) is 5.07. The zero-order valence-corrected chi connectivity index (χ0v) is 13.5. The summed E-state index contributed by atoms with van der Waals surface area (Å²) < 4.78 is 5.85. The van der Waals surface area contributed by atoms with Crippen molar-refractivity contribution in [3.8, 4) is 5.75 Å². The van der Waals surface area contributed by atoms with Gasteiger partial charge < -0.3 is 10.1 Å². The van der Waals surface area contributed by atoms with Gasteiger partial charge in [0.05, 0.1) is 0 Å². The quantitative estimate of drug-likeness (QED) is 0.815. The van der Waals surface area contributed by atoms with Crippen molar-refractivity contribution in [2.75, 3.05) is 6.54 Å². The van der Waals surface area contributed by atoms with Gasteiger partial charge in [-0.2, -0.15) is 0 Å². The lowest BCUT2D eigenvalue weighted by Crippen LogP contribution is -2.28. The largest absolute Gasteiger partial charge is 0.490 e. The zero-order valence-electron chi connectivity index (χ0n) is 13.5. The third-order valence-electron chi connectivity index (χ3n) is 5.07. The van der Waals surface area contributed by atoms with Gasteiger partial charge in [-0.1, -0.05) is 44.7 Å². The topological polar surface area (TPSA) is 21.3 Å². The number of fused-ring (bicyclic) bond motifs is 1. The Hall–Kier alpha value is -1.02. The van der Waals surface area contributed by atoms with Gasteiger partial charge in [-0.05, 0) is 49.4 Å². The smallest absolute Gasteiger partial charge is 0.123 e. The highest BCUT2D eigenvalue weighted by Crippen LogP contribution is 2.37. The first-order valence-electron chi connectivity index (χ1n) is 8.80. The Bertz CT molecular complexity index is 463. The van der Waals surface area contributed by atoms with Crippen LogP contribution < -0.4 is 10.1 Å². The predicted octanol–water partition coefficient (Wildman–Crippen LogP) is 4.63. The van der Waals surface area contributed by atoms with E-state index in [9.17, 15) is 0 Å². The summed E-state index contributed by atoms with van der Waals surface area (Å²) in [5.74, 6) is 1.90. The van der Waals surface area contributed by atoms with Crippen molar-refractivity contribution in [3.05, 3.63) is 29.3 Å². The van der Waals surface area contributed by atoms with Gasteiger partial charge in [-0.15, -0.1) is 0 Å². The Labute approximate surface area is 129 Å². The molecule has 1 aliphatic heterocycles. The average Bonchev–Trinajstić information content (AvgIpc) is 2.68. The fourth-order valence-corrected chi connectivity index (χ4v) is 4.06. The maximum atomic E-state index is 5.85. The Morgan fingerprint density at radius 2 is 1.95 bits per heavy atom. The van der Waals surface area contributed by atoms with E-state index in [0.717, 1.165) is 24.6 Å². The highest BCUT2D eigenvalue weighted by atomic mass is 16.5. The van der Waals surface area contributed by atoms with Gasteiger partial charge in [0, 0.05) is 12.5 Å². The van der Waals surface area contributed by atoms with Gasteiger partial charge in [0.1, 0.15) is 11.9 Å². The molecule has 1 heterocycles. The van der Waals surface area contributed by atoms with Gasteiger partial charge in [-0.3, -0.25) is 0 Å². The molecule has 1 aliphatic carbocycles. The lowest BCUT2D eigenvalue weighted by Gasteiger charge is -2.28. The molecule has 0 aromatic heterocycles. The van der Waals surface area contributed by atoms with E-state index in [1.54, 1.807) is 0 Å². The van der Waals surface area contributed by atoms with Gasteiger partial charge in [-0.25, -0.2) is 0 Å². The van der Waals surface area contributed by atoms with Crippen LogP contribution >= 0.6 is 0 Å². The molecule has 0 radical (unpaired) electrons. The predicted molar refractivity (Wildman–Crippen MR) is 87.8 cm³/mol. The monoisotopic (exact) mass is 287 g/mol. The van der Waals surface area contributed by atoms with Crippen LogP contribution in [0.1, 0.15) is 69.5 Å². The van der Waals surface area contributed by atoms with E-state index in [0.29, 0.717) is 12.1 Å². The van der Waals surface area contributed by atoms with Crippen molar-refractivity contribution < 1.29 is 4.74 Å². The van der Waals surface area contributed by atoms with E-state index in [1.165, 1.54) is 49.7 Å². The highest BCUT2D eigenvalue weighted by molar-refractivity contribution is 5.41. The Morgan fingerprint density at radius 1 is 1.19 bits per heavy atom. The van der Waals surface area contributed by atoms with Gasteiger partial charge in [0.15, 0.2) is 0 Å². The average molecular weight is 287 g/mol. The van der Waals surface area contributed by atoms with E-state index >= 15 is 0 Å². The highest BCUT2D eigenvalue weighted by Gasteiger charge is 2.26. The number of hydrogen-bond acceptors (Lipinski definition) is 2. The number of nitrogens with one attached hydrogen (secondary N) is 1. The lowest BCUT2D eigenvalue weighted by molar-refractivity contribution is 0.254. The molecule has 1 saturated carbocycles. The number of rotatable bonds is 4. The summed E-state index contributed by atoms with van der Waals surface area (Å²) in [7, 11) is 0.